The van der Waals surface area contributed by atoms with Crippen molar-refractivity contribution in [3.8, 4) is 0 Å². The van der Waals surface area contributed by atoms with E-state index < -0.39 is 0 Å². The van der Waals surface area contributed by atoms with Gasteiger partial charge in [0.15, 0.2) is 0 Å². The molecule has 0 radical (unpaired) electrons. The van der Waals surface area contributed by atoms with Crippen molar-refractivity contribution in [3.05, 3.63) is 59.1 Å². The van der Waals surface area contributed by atoms with E-state index in [2.05, 4.69) is 10.3 Å². The number of fused-ring (bicyclic) bond motifs is 1. The summed E-state index contributed by atoms with van der Waals surface area (Å²) in [7, 11) is 0. The topological polar surface area (TPSA) is 50.9 Å². The fourth-order valence-electron chi connectivity index (χ4n) is 2.09. The van der Waals surface area contributed by atoms with Crippen LogP contribution in [0.2, 0.25) is 5.02 Å². The van der Waals surface area contributed by atoms with Crippen LogP contribution in [0.4, 0.5) is 17.2 Å². The molecule has 0 unspecified atom stereocenters. The molecule has 3 nitrogen and oxygen atoms in total. The van der Waals surface area contributed by atoms with E-state index in [1.165, 1.54) is 0 Å². The zero-order valence-electron chi connectivity index (χ0n) is 11.0. The van der Waals surface area contributed by atoms with Crippen LogP contribution >= 0.6 is 11.6 Å². The molecule has 3 N–H and O–H groups in total. The van der Waals surface area contributed by atoms with E-state index in [1.807, 2.05) is 55.5 Å². The van der Waals surface area contributed by atoms with Crippen LogP contribution in [0.3, 0.4) is 0 Å². The van der Waals surface area contributed by atoms with Crippen LogP contribution < -0.4 is 11.1 Å². The minimum Gasteiger partial charge on any atom is -0.399 e. The third kappa shape index (κ3) is 2.28. The Kier molecular flexibility index (Phi) is 3.20. The maximum absolute atomic E-state index is 6.42. The molecule has 0 atom stereocenters. The highest BCUT2D eigenvalue weighted by atomic mass is 35.5. The highest BCUT2D eigenvalue weighted by Gasteiger charge is 2.09. The third-order valence-electron chi connectivity index (χ3n) is 3.23. The quantitative estimate of drug-likeness (QED) is 0.680. The predicted molar refractivity (Wildman–Crippen MR) is 85.6 cm³/mol. The molecule has 4 heteroatoms. The second kappa shape index (κ2) is 5.02. The van der Waals surface area contributed by atoms with Crippen LogP contribution in [-0.2, 0) is 0 Å². The molecule has 3 aromatic rings. The molecule has 0 aliphatic rings. The van der Waals surface area contributed by atoms with E-state index in [0.29, 0.717) is 0 Å². The number of rotatable bonds is 2. The molecular weight excluding hydrogens is 270 g/mol. The smallest absolute Gasteiger partial charge is 0.135 e. The second-order valence-corrected chi connectivity index (χ2v) is 5.04. The molecule has 100 valence electrons. The van der Waals surface area contributed by atoms with Crippen molar-refractivity contribution in [2.45, 2.75) is 6.92 Å². The van der Waals surface area contributed by atoms with E-state index in [4.69, 9.17) is 17.3 Å². The van der Waals surface area contributed by atoms with Gasteiger partial charge < -0.3 is 11.1 Å². The van der Waals surface area contributed by atoms with E-state index in [0.717, 1.165) is 38.7 Å². The highest BCUT2D eigenvalue weighted by molar-refractivity contribution is 6.36. The molecule has 3 rings (SSSR count). The first kappa shape index (κ1) is 12.8. The lowest BCUT2D eigenvalue weighted by atomic mass is 10.1. The number of pyridine rings is 1. The van der Waals surface area contributed by atoms with Gasteiger partial charge in [0, 0.05) is 22.3 Å². The van der Waals surface area contributed by atoms with Gasteiger partial charge in [-0.1, -0.05) is 29.8 Å². The van der Waals surface area contributed by atoms with E-state index >= 15 is 0 Å². The minimum absolute atomic E-state index is 0.730. The molecule has 0 aliphatic heterocycles. The number of benzene rings is 2. The van der Waals surface area contributed by atoms with Crippen LogP contribution in [0, 0.1) is 6.92 Å². The Bertz CT molecular complexity index is 767. The van der Waals surface area contributed by atoms with Gasteiger partial charge in [0.05, 0.1) is 10.5 Å². The van der Waals surface area contributed by atoms with Gasteiger partial charge in [0.2, 0.25) is 0 Å². The van der Waals surface area contributed by atoms with Crippen molar-refractivity contribution in [2.24, 2.45) is 0 Å². The fourth-order valence-corrected chi connectivity index (χ4v) is 2.34. The van der Waals surface area contributed by atoms with E-state index in [9.17, 15) is 0 Å². The van der Waals surface area contributed by atoms with Gasteiger partial charge >= 0.3 is 0 Å². The van der Waals surface area contributed by atoms with Crippen molar-refractivity contribution >= 4 is 39.7 Å². The SMILES string of the molecule is Cc1c(Nc2ccc(N)cc2)nc2ccccc2c1Cl. The molecule has 0 saturated carbocycles. The fraction of sp³-hybridized carbons (Fsp3) is 0.0625. The maximum atomic E-state index is 6.42. The van der Waals surface area contributed by atoms with Crippen LogP contribution in [0.15, 0.2) is 48.5 Å². The molecule has 0 fully saturated rings. The average Bonchev–Trinajstić information content (AvgIpc) is 2.47. The lowest BCUT2D eigenvalue weighted by molar-refractivity contribution is 1.31. The zero-order valence-corrected chi connectivity index (χ0v) is 11.8. The molecular formula is C16H14ClN3. The number of nitrogens with one attached hydrogen (secondary N) is 1. The number of anilines is 3. The zero-order chi connectivity index (χ0) is 14.1. The number of aromatic nitrogens is 1. The van der Waals surface area contributed by atoms with Crippen LogP contribution in [0.25, 0.3) is 10.9 Å². The summed E-state index contributed by atoms with van der Waals surface area (Å²) in [6.45, 7) is 1.96. The molecule has 2 aromatic carbocycles. The molecule has 0 amide bonds. The highest BCUT2D eigenvalue weighted by Crippen LogP contribution is 2.31. The Balaban J connectivity index is 2.07. The summed E-state index contributed by atoms with van der Waals surface area (Å²) in [5, 5.41) is 4.98. The summed E-state index contributed by atoms with van der Waals surface area (Å²) < 4.78 is 0. The number of hydrogen-bond acceptors (Lipinski definition) is 3. The van der Waals surface area contributed by atoms with Gasteiger partial charge in [0.1, 0.15) is 5.82 Å². The van der Waals surface area contributed by atoms with Crippen LogP contribution in [-0.4, -0.2) is 4.98 Å². The lowest BCUT2D eigenvalue weighted by Gasteiger charge is -2.12. The Morgan fingerprint density at radius 2 is 1.75 bits per heavy atom. The Labute approximate surface area is 122 Å². The molecule has 0 spiro atoms. The van der Waals surface area contributed by atoms with Gasteiger partial charge in [-0.05, 0) is 37.3 Å². The minimum atomic E-state index is 0.730. The number of nitrogens with two attached hydrogens (primary N) is 1. The van der Waals surface area contributed by atoms with E-state index in [1.54, 1.807) is 0 Å². The first-order chi connectivity index (χ1) is 9.65. The molecule has 0 bridgehead atoms. The summed E-state index contributed by atoms with van der Waals surface area (Å²) in [4.78, 5) is 4.63. The number of nitrogens with zero attached hydrogens (tertiary/aromatic N) is 1. The van der Waals surface area contributed by atoms with Crippen LogP contribution in [0.1, 0.15) is 5.56 Å². The number of halogens is 1. The van der Waals surface area contributed by atoms with Crippen molar-refractivity contribution in [1.82, 2.24) is 4.98 Å². The van der Waals surface area contributed by atoms with Crippen molar-refractivity contribution in [2.75, 3.05) is 11.1 Å². The standard InChI is InChI=1S/C16H14ClN3/c1-10-15(17)13-4-2-3-5-14(13)20-16(10)19-12-8-6-11(18)7-9-12/h2-9H,18H2,1H3,(H,19,20). The normalized spacial score (nSPS) is 10.7. The Hall–Kier alpha value is -2.26. The number of nitrogen functional groups attached to an aromatic ring is 1. The van der Waals surface area contributed by atoms with Gasteiger partial charge in [-0.2, -0.15) is 0 Å². The molecule has 0 saturated heterocycles. The Morgan fingerprint density at radius 1 is 1.05 bits per heavy atom. The van der Waals surface area contributed by atoms with Crippen molar-refractivity contribution < 1.29 is 0 Å². The summed E-state index contributed by atoms with van der Waals surface area (Å²) >= 11 is 6.42. The van der Waals surface area contributed by atoms with E-state index in [-0.39, 0.29) is 0 Å². The first-order valence-electron chi connectivity index (χ1n) is 6.32. The summed E-state index contributed by atoms with van der Waals surface area (Å²) in [6, 6.07) is 15.4. The lowest BCUT2D eigenvalue weighted by Crippen LogP contribution is -1.98. The monoisotopic (exact) mass is 283 g/mol. The summed E-state index contributed by atoms with van der Waals surface area (Å²) in [6.07, 6.45) is 0. The number of para-hydroxylation sites is 1. The van der Waals surface area contributed by atoms with Gasteiger partial charge in [-0.3, -0.25) is 0 Å². The van der Waals surface area contributed by atoms with Crippen molar-refractivity contribution in [3.63, 3.8) is 0 Å². The third-order valence-corrected chi connectivity index (χ3v) is 3.72. The average molecular weight is 284 g/mol. The molecule has 1 heterocycles. The Morgan fingerprint density at radius 3 is 2.50 bits per heavy atom. The molecule has 1 aromatic heterocycles. The second-order valence-electron chi connectivity index (χ2n) is 4.66. The van der Waals surface area contributed by atoms with Gasteiger partial charge in [-0.25, -0.2) is 4.98 Å². The molecule has 20 heavy (non-hydrogen) atoms. The van der Waals surface area contributed by atoms with Gasteiger partial charge in [0.25, 0.3) is 0 Å². The number of hydrogen-bond donors (Lipinski definition) is 2. The maximum Gasteiger partial charge on any atom is 0.135 e. The predicted octanol–water partition coefficient (Wildman–Crippen LogP) is 4.52. The summed E-state index contributed by atoms with van der Waals surface area (Å²) in [5.41, 5.74) is 9.16. The summed E-state index contributed by atoms with van der Waals surface area (Å²) in [5.74, 6) is 0.762. The first-order valence-corrected chi connectivity index (χ1v) is 6.70. The van der Waals surface area contributed by atoms with Crippen LogP contribution in [0.5, 0.6) is 0 Å². The van der Waals surface area contributed by atoms with Crippen molar-refractivity contribution in [1.29, 1.82) is 0 Å². The van der Waals surface area contributed by atoms with Gasteiger partial charge in [-0.15, -0.1) is 0 Å². The largest absolute Gasteiger partial charge is 0.399 e. The molecule has 0 aliphatic carbocycles.